The zero-order valence-electron chi connectivity index (χ0n) is 10.6. The number of hydrogen-bond donors (Lipinski definition) is 1. The van der Waals surface area contributed by atoms with E-state index in [1.807, 2.05) is 0 Å². The van der Waals surface area contributed by atoms with E-state index in [1.165, 1.54) is 36.1 Å². The molecule has 0 bridgehead atoms. The maximum Gasteiger partial charge on any atom is 0.0607 e. The summed E-state index contributed by atoms with van der Waals surface area (Å²) in [5.41, 5.74) is 10.9. The van der Waals surface area contributed by atoms with Crippen molar-refractivity contribution in [2.24, 2.45) is 0 Å². The van der Waals surface area contributed by atoms with E-state index >= 15 is 0 Å². The molecule has 1 aromatic carbocycles. The van der Waals surface area contributed by atoms with Gasteiger partial charge in [-0.05, 0) is 57.2 Å². The molecule has 0 saturated carbocycles. The van der Waals surface area contributed by atoms with Crippen LogP contribution in [0.15, 0.2) is 12.1 Å². The molecule has 2 heteroatoms. The second-order valence-electron chi connectivity index (χ2n) is 5.05. The van der Waals surface area contributed by atoms with Crippen molar-refractivity contribution in [3.8, 4) is 0 Å². The fourth-order valence-corrected chi connectivity index (χ4v) is 2.65. The molecule has 0 radical (unpaired) electrons. The molecular formula is C14H22N2. The van der Waals surface area contributed by atoms with Gasteiger partial charge in [0, 0.05) is 12.6 Å². The molecule has 1 aromatic rings. The fourth-order valence-electron chi connectivity index (χ4n) is 2.65. The molecular weight excluding hydrogens is 196 g/mol. The van der Waals surface area contributed by atoms with E-state index < -0.39 is 0 Å². The lowest BCUT2D eigenvalue weighted by Crippen LogP contribution is -2.38. The molecule has 0 spiro atoms. The summed E-state index contributed by atoms with van der Waals surface area (Å²) in [6, 6.07) is 5.01. The number of benzene rings is 1. The number of hydrogen-bond acceptors (Lipinski definition) is 2. The van der Waals surface area contributed by atoms with Crippen LogP contribution in [0, 0.1) is 13.8 Å². The molecule has 2 nitrogen and oxygen atoms in total. The van der Waals surface area contributed by atoms with Crippen LogP contribution in [0.1, 0.15) is 37.3 Å². The summed E-state index contributed by atoms with van der Waals surface area (Å²) in [5, 5.41) is 0. The third-order valence-electron chi connectivity index (χ3n) is 3.62. The highest BCUT2D eigenvalue weighted by Gasteiger charge is 2.20. The second-order valence-corrected chi connectivity index (χ2v) is 5.05. The van der Waals surface area contributed by atoms with Gasteiger partial charge in [-0.1, -0.05) is 6.07 Å². The summed E-state index contributed by atoms with van der Waals surface area (Å²) in [6.45, 7) is 7.69. The number of nitrogen functional groups attached to an aromatic ring is 1. The first-order valence-electron chi connectivity index (χ1n) is 6.23. The van der Waals surface area contributed by atoms with Crippen molar-refractivity contribution in [2.75, 3.05) is 17.2 Å². The molecule has 16 heavy (non-hydrogen) atoms. The maximum atomic E-state index is 6.20. The minimum absolute atomic E-state index is 0.622. The first-order chi connectivity index (χ1) is 7.59. The van der Waals surface area contributed by atoms with Crippen molar-refractivity contribution in [1.82, 2.24) is 0 Å². The zero-order chi connectivity index (χ0) is 11.7. The van der Waals surface area contributed by atoms with Crippen molar-refractivity contribution in [3.05, 3.63) is 23.3 Å². The van der Waals surface area contributed by atoms with Crippen LogP contribution in [-0.4, -0.2) is 12.6 Å². The predicted octanol–water partition coefficient (Wildman–Crippen LogP) is 3.26. The van der Waals surface area contributed by atoms with Crippen LogP contribution >= 0.6 is 0 Å². The Morgan fingerprint density at radius 2 is 2.00 bits per heavy atom. The first kappa shape index (κ1) is 11.3. The summed E-state index contributed by atoms with van der Waals surface area (Å²) in [7, 11) is 0. The summed E-state index contributed by atoms with van der Waals surface area (Å²) >= 11 is 0. The third-order valence-corrected chi connectivity index (χ3v) is 3.62. The first-order valence-corrected chi connectivity index (χ1v) is 6.23. The minimum atomic E-state index is 0.622. The van der Waals surface area contributed by atoms with Crippen LogP contribution in [0.4, 0.5) is 11.4 Å². The molecule has 2 rings (SSSR count). The minimum Gasteiger partial charge on any atom is -0.397 e. The molecule has 1 aliphatic heterocycles. The monoisotopic (exact) mass is 218 g/mol. The number of rotatable bonds is 1. The van der Waals surface area contributed by atoms with Crippen LogP contribution in [-0.2, 0) is 0 Å². The average Bonchev–Trinajstić information content (AvgIpc) is 2.24. The highest BCUT2D eigenvalue weighted by atomic mass is 15.2. The average molecular weight is 218 g/mol. The van der Waals surface area contributed by atoms with Crippen LogP contribution in [0.5, 0.6) is 0 Å². The van der Waals surface area contributed by atoms with Crippen molar-refractivity contribution in [2.45, 2.75) is 46.1 Å². The van der Waals surface area contributed by atoms with E-state index in [0.29, 0.717) is 6.04 Å². The molecule has 0 amide bonds. The fraction of sp³-hybridized carbons (Fsp3) is 0.571. The van der Waals surface area contributed by atoms with Gasteiger partial charge in [0.2, 0.25) is 0 Å². The van der Waals surface area contributed by atoms with E-state index in [0.717, 1.165) is 12.2 Å². The van der Waals surface area contributed by atoms with Crippen molar-refractivity contribution < 1.29 is 0 Å². The van der Waals surface area contributed by atoms with Gasteiger partial charge >= 0.3 is 0 Å². The highest BCUT2D eigenvalue weighted by Crippen LogP contribution is 2.32. The highest BCUT2D eigenvalue weighted by molar-refractivity contribution is 5.72. The molecule has 1 saturated heterocycles. The van der Waals surface area contributed by atoms with Gasteiger partial charge in [0.05, 0.1) is 11.4 Å². The summed E-state index contributed by atoms with van der Waals surface area (Å²) in [4.78, 5) is 2.47. The smallest absolute Gasteiger partial charge is 0.0607 e. The molecule has 88 valence electrons. The zero-order valence-corrected chi connectivity index (χ0v) is 10.6. The number of piperidine rings is 1. The van der Waals surface area contributed by atoms with Gasteiger partial charge in [-0.25, -0.2) is 0 Å². The number of nitrogens with two attached hydrogens (primary N) is 1. The van der Waals surface area contributed by atoms with Crippen molar-refractivity contribution >= 4 is 11.4 Å². The Kier molecular flexibility index (Phi) is 3.08. The maximum absolute atomic E-state index is 6.20. The van der Waals surface area contributed by atoms with Crippen molar-refractivity contribution in [3.63, 3.8) is 0 Å². The molecule has 2 N–H and O–H groups in total. The Balaban J connectivity index is 2.38. The van der Waals surface area contributed by atoms with E-state index in [1.54, 1.807) is 0 Å². The van der Waals surface area contributed by atoms with Gasteiger partial charge < -0.3 is 10.6 Å². The third kappa shape index (κ3) is 2.01. The number of anilines is 2. The Morgan fingerprint density at radius 1 is 1.25 bits per heavy atom. The summed E-state index contributed by atoms with van der Waals surface area (Å²) in [5.74, 6) is 0. The molecule has 0 unspecified atom stereocenters. The summed E-state index contributed by atoms with van der Waals surface area (Å²) < 4.78 is 0. The predicted molar refractivity (Wildman–Crippen MR) is 71.0 cm³/mol. The molecule has 1 heterocycles. The Labute approximate surface area is 98.4 Å². The Bertz CT molecular complexity index is 385. The van der Waals surface area contributed by atoms with Gasteiger partial charge in [0.25, 0.3) is 0 Å². The van der Waals surface area contributed by atoms with E-state index in [4.69, 9.17) is 5.73 Å². The molecule has 1 fully saturated rings. The van der Waals surface area contributed by atoms with Crippen LogP contribution < -0.4 is 10.6 Å². The molecule has 0 aliphatic carbocycles. The Hall–Kier alpha value is -1.18. The second kappa shape index (κ2) is 4.36. The molecule has 1 aliphatic rings. The molecule has 0 aromatic heterocycles. The van der Waals surface area contributed by atoms with Gasteiger partial charge in [0.1, 0.15) is 0 Å². The van der Waals surface area contributed by atoms with Crippen LogP contribution in [0.2, 0.25) is 0 Å². The van der Waals surface area contributed by atoms with Gasteiger partial charge in [0.15, 0.2) is 0 Å². The Morgan fingerprint density at radius 3 is 2.69 bits per heavy atom. The largest absolute Gasteiger partial charge is 0.397 e. The van der Waals surface area contributed by atoms with E-state index in [9.17, 15) is 0 Å². The van der Waals surface area contributed by atoms with Gasteiger partial charge in [-0.15, -0.1) is 0 Å². The topological polar surface area (TPSA) is 29.3 Å². The molecule has 1 atom stereocenters. The number of aryl methyl sites for hydroxylation is 2. The van der Waals surface area contributed by atoms with Crippen molar-refractivity contribution in [1.29, 1.82) is 0 Å². The van der Waals surface area contributed by atoms with E-state index in [2.05, 4.69) is 37.8 Å². The quantitative estimate of drug-likeness (QED) is 0.733. The lowest BCUT2D eigenvalue weighted by atomic mass is 10.0. The number of nitrogens with zero attached hydrogens (tertiary/aromatic N) is 1. The van der Waals surface area contributed by atoms with Gasteiger partial charge in [-0.3, -0.25) is 0 Å². The van der Waals surface area contributed by atoms with E-state index in [-0.39, 0.29) is 0 Å². The van der Waals surface area contributed by atoms with Crippen LogP contribution in [0.3, 0.4) is 0 Å². The summed E-state index contributed by atoms with van der Waals surface area (Å²) in [6.07, 6.45) is 3.92. The normalized spacial score (nSPS) is 21.2. The van der Waals surface area contributed by atoms with Crippen LogP contribution in [0.25, 0.3) is 0 Å². The van der Waals surface area contributed by atoms with Gasteiger partial charge in [-0.2, -0.15) is 0 Å². The SMILES string of the molecule is Cc1cc(C)c(N)c(N2CCCC[C@H]2C)c1. The lowest BCUT2D eigenvalue weighted by Gasteiger charge is -2.36. The lowest BCUT2D eigenvalue weighted by molar-refractivity contribution is 0.485. The standard InChI is InChI=1S/C14H22N2/c1-10-8-11(2)14(15)13(9-10)16-7-5-4-6-12(16)3/h8-9,12H,4-7,15H2,1-3H3/t12-/m1/s1.